The van der Waals surface area contributed by atoms with Gasteiger partial charge in [0.2, 0.25) is 0 Å². The van der Waals surface area contributed by atoms with Crippen molar-refractivity contribution in [3.05, 3.63) is 29.3 Å². The van der Waals surface area contributed by atoms with Crippen LogP contribution < -0.4 is 10.1 Å². The summed E-state index contributed by atoms with van der Waals surface area (Å²) in [6.45, 7) is 9.77. The van der Waals surface area contributed by atoms with Crippen LogP contribution in [0.4, 0.5) is 4.79 Å². The Morgan fingerprint density at radius 3 is 2.92 bits per heavy atom. The summed E-state index contributed by atoms with van der Waals surface area (Å²) in [7, 11) is 0. The minimum atomic E-state index is -0.335. The van der Waals surface area contributed by atoms with Crippen LogP contribution in [0.3, 0.4) is 0 Å². The Balaban J connectivity index is 1.60. The Morgan fingerprint density at radius 2 is 2.16 bits per heavy atom. The lowest BCUT2D eigenvalue weighted by atomic mass is 9.80. The summed E-state index contributed by atoms with van der Waals surface area (Å²) in [5.41, 5.74) is 2.99. The smallest absolute Gasteiger partial charge is 0.410 e. The molecule has 1 heterocycles. The average molecular weight is 344 g/mol. The van der Waals surface area contributed by atoms with Crippen LogP contribution >= 0.6 is 0 Å². The average Bonchev–Trinajstić information content (AvgIpc) is 3.06. The summed E-state index contributed by atoms with van der Waals surface area (Å²) >= 11 is 0. The number of hydrogen-bond acceptors (Lipinski definition) is 3. The van der Waals surface area contributed by atoms with E-state index < -0.39 is 0 Å². The topological polar surface area (TPSA) is 41.6 Å². The van der Waals surface area contributed by atoms with Crippen LogP contribution in [0, 0.1) is 0 Å². The zero-order chi connectivity index (χ0) is 17.9. The first-order valence-electron chi connectivity index (χ1n) is 9.91. The highest BCUT2D eigenvalue weighted by Crippen LogP contribution is 2.48. The molecule has 4 nitrogen and oxygen atoms in total. The van der Waals surface area contributed by atoms with Crippen LogP contribution in [0.15, 0.2) is 18.2 Å². The molecule has 0 unspecified atom stereocenters. The van der Waals surface area contributed by atoms with E-state index >= 15 is 0 Å². The van der Waals surface area contributed by atoms with Crippen LogP contribution in [-0.4, -0.2) is 36.7 Å². The molecule has 0 aromatic heterocycles. The quantitative estimate of drug-likeness (QED) is 0.751. The van der Waals surface area contributed by atoms with E-state index in [4.69, 9.17) is 4.74 Å². The number of likely N-dealkylation sites (tertiary alicyclic amines) is 1. The second-order valence-corrected chi connectivity index (χ2v) is 7.71. The highest BCUT2D eigenvalue weighted by molar-refractivity contribution is 5.70. The van der Waals surface area contributed by atoms with E-state index in [9.17, 15) is 4.79 Å². The van der Waals surface area contributed by atoms with Gasteiger partial charge in [-0.25, -0.2) is 4.79 Å². The number of hydrogen-bond donors (Lipinski definition) is 1. The summed E-state index contributed by atoms with van der Waals surface area (Å²) in [6, 6.07) is 6.79. The standard InChI is InChI=1S/C21H32N2O2/c1-4-6-7-8-12-22-20(24)25-17-10-9-16-14-19-21(3,18(16)15-17)11-13-23(19)5-2/h9-10,15,19H,4-8,11-14H2,1-3H3,(H,22,24)/t19-,21+/m0/s1. The number of fused-ring (bicyclic) bond motifs is 3. The number of amides is 1. The van der Waals surface area contributed by atoms with Gasteiger partial charge in [0.25, 0.3) is 0 Å². The number of likely N-dealkylation sites (N-methyl/N-ethyl adjacent to an activating group) is 1. The van der Waals surface area contributed by atoms with Crippen molar-refractivity contribution in [2.75, 3.05) is 19.6 Å². The molecule has 138 valence electrons. The maximum Gasteiger partial charge on any atom is 0.412 e. The predicted octanol–water partition coefficient (Wildman–Crippen LogP) is 4.26. The third-order valence-electron chi connectivity index (χ3n) is 6.12. The number of carbonyl (C=O) groups is 1. The molecule has 0 bridgehead atoms. The molecule has 4 heteroatoms. The van der Waals surface area contributed by atoms with Crippen LogP contribution in [0.1, 0.15) is 64.0 Å². The largest absolute Gasteiger partial charge is 0.412 e. The molecule has 25 heavy (non-hydrogen) atoms. The van der Waals surface area contributed by atoms with E-state index in [0.717, 1.165) is 25.8 Å². The van der Waals surface area contributed by atoms with E-state index in [1.807, 2.05) is 6.07 Å². The molecule has 0 spiro atoms. The number of carbonyl (C=O) groups excluding carboxylic acids is 1. The van der Waals surface area contributed by atoms with E-state index in [-0.39, 0.29) is 11.5 Å². The molecule has 1 saturated heterocycles. The van der Waals surface area contributed by atoms with Gasteiger partial charge in [0.15, 0.2) is 0 Å². The molecule has 2 aliphatic rings. The number of benzene rings is 1. The van der Waals surface area contributed by atoms with Crippen molar-refractivity contribution in [3.8, 4) is 5.75 Å². The number of unbranched alkanes of at least 4 members (excludes halogenated alkanes) is 3. The minimum absolute atomic E-state index is 0.196. The molecule has 1 amide bonds. The van der Waals surface area contributed by atoms with Gasteiger partial charge in [0.1, 0.15) is 5.75 Å². The van der Waals surface area contributed by atoms with E-state index in [1.165, 1.54) is 36.9 Å². The summed E-state index contributed by atoms with van der Waals surface area (Å²) < 4.78 is 5.53. The molecule has 1 aromatic carbocycles. The molecule has 0 saturated carbocycles. The van der Waals surface area contributed by atoms with E-state index in [0.29, 0.717) is 18.3 Å². The van der Waals surface area contributed by atoms with Gasteiger partial charge in [-0.15, -0.1) is 0 Å². The Labute approximate surface area is 151 Å². The predicted molar refractivity (Wildman–Crippen MR) is 101 cm³/mol. The van der Waals surface area contributed by atoms with E-state index in [1.54, 1.807) is 0 Å². The van der Waals surface area contributed by atoms with Crippen molar-refractivity contribution in [2.24, 2.45) is 0 Å². The maximum atomic E-state index is 12.0. The molecule has 1 aliphatic heterocycles. The first kappa shape index (κ1) is 18.2. The van der Waals surface area contributed by atoms with Crippen LogP contribution in [0.25, 0.3) is 0 Å². The molecular weight excluding hydrogens is 312 g/mol. The first-order valence-corrected chi connectivity index (χ1v) is 9.91. The Hall–Kier alpha value is -1.55. The first-order chi connectivity index (χ1) is 12.1. The van der Waals surface area contributed by atoms with Gasteiger partial charge in [-0.3, -0.25) is 4.90 Å². The van der Waals surface area contributed by atoms with Gasteiger partial charge >= 0.3 is 6.09 Å². The minimum Gasteiger partial charge on any atom is -0.410 e. The summed E-state index contributed by atoms with van der Waals surface area (Å²) in [5.74, 6) is 0.668. The lowest BCUT2D eigenvalue weighted by Crippen LogP contribution is -2.37. The fourth-order valence-corrected chi connectivity index (χ4v) is 4.57. The van der Waals surface area contributed by atoms with Crippen molar-refractivity contribution in [2.45, 2.75) is 70.8 Å². The van der Waals surface area contributed by atoms with Crippen LogP contribution in [-0.2, 0) is 11.8 Å². The van der Waals surface area contributed by atoms with Crippen molar-refractivity contribution < 1.29 is 9.53 Å². The molecule has 1 aliphatic carbocycles. The van der Waals surface area contributed by atoms with Gasteiger partial charge < -0.3 is 10.1 Å². The lowest BCUT2D eigenvalue weighted by molar-refractivity contribution is 0.200. The Bertz CT molecular complexity index is 616. The number of ether oxygens (including phenoxy) is 1. The SMILES string of the molecule is CCCCCCNC(=O)Oc1ccc2c(c1)[C@@]1(C)CCN(CC)[C@H]1C2. The van der Waals surface area contributed by atoms with Gasteiger partial charge in [0.05, 0.1) is 0 Å². The Kier molecular flexibility index (Phi) is 5.67. The highest BCUT2D eigenvalue weighted by atomic mass is 16.6. The zero-order valence-electron chi connectivity index (χ0n) is 15.9. The maximum absolute atomic E-state index is 12.0. The monoisotopic (exact) mass is 344 g/mol. The fourth-order valence-electron chi connectivity index (χ4n) is 4.57. The second kappa shape index (κ2) is 7.77. The van der Waals surface area contributed by atoms with Gasteiger partial charge in [-0.2, -0.15) is 0 Å². The highest BCUT2D eigenvalue weighted by Gasteiger charge is 2.49. The second-order valence-electron chi connectivity index (χ2n) is 7.71. The third kappa shape index (κ3) is 3.69. The van der Waals surface area contributed by atoms with Gasteiger partial charge in [-0.05, 0) is 55.6 Å². The lowest BCUT2D eigenvalue weighted by Gasteiger charge is -2.29. The number of nitrogens with one attached hydrogen (secondary N) is 1. The van der Waals surface area contributed by atoms with Crippen LogP contribution in [0.5, 0.6) is 5.75 Å². The molecular formula is C21H32N2O2. The molecule has 1 N–H and O–H groups in total. The van der Waals surface area contributed by atoms with Gasteiger partial charge in [0, 0.05) is 18.0 Å². The van der Waals surface area contributed by atoms with Crippen molar-refractivity contribution in [1.29, 1.82) is 0 Å². The molecule has 0 radical (unpaired) electrons. The molecule has 3 rings (SSSR count). The molecule has 2 atom stereocenters. The number of nitrogens with zero attached hydrogens (tertiary/aromatic N) is 1. The summed E-state index contributed by atoms with van der Waals surface area (Å²) in [6.07, 6.45) is 6.56. The van der Waals surface area contributed by atoms with Crippen LogP contribution in [0.2, 0.25) is 0 Å². The van der Waals surface area contributed by atoms with Crippen molar-refractivity contribution in [1.82, 2.24) is 10.2 Å². The van der Waals surface area contributed by atoms with Gasteiger partial charge in [-0.1, -0.05) is 46.1 Å². The normalized spacial score (nSPS) is 24.8. The van der Waals surface area contributed by atoms with Crippen molar-refractivity contribution >= 4 is 6.09 Å². The van der Waals surface area contributed by atoms with Crippen molar-refractivity contribution in [3.63, 3.8) is 0 Å². The summed E-state index contributed by atoms with van der Waals surface area (Å²) in [5, 5.41) is 2.86. The summed E-state index contributed by atoms with van der Waals surface area (Å²) in [4.78, 5) is 14.6. The zero-order valence-corrected chi connectivity index (χ0v) is 15.9. The number of rotatable bonds is 7. The molecule has 1 fully saturated rings. The molecule has 1 aromatic rings. The third-order valence-corrected chi connectivity index (χ3v) is 6.12. The fraction of sp³-hybridized carbons (Fsp3) is 0.667. The Morgan fingerprint density at radius 1 is 1.32 bits per heavy atom. The van der Waals surface area contributed by atoms with E-state index in [2.05, 4.69) is 43.1 Å².